The second-order valence-corrected chi connectivity index (χ2v) is 8.11. The molecule has 0 aliphatic carbocycles. The minimum absolute atomic E-state index is 0.00872. The molecule has 0 aromatic heterocycles. The van der Waals surface area contributed by atoms with E-state index in [1.54, 1.807) is 13.8 Å². The first-order chi connectivity index (χ1) is 10.7. The molecule has 8 heteroatoms. The lowest BCUT2D eigenvalue weighted by Crippen LogP contribution is -2.48. The minimum Gasteiger partial charge on any atom is -0.335 e. The van der Waals surface area contributed by atoms with E-state index in [1.807, 2.05) is 0 Å². The molecular formula is C15H20F2N2O3S. The molecule has 1 aliphatic heterocycles. The van der Waals surface area contributed by atoms with Crippen LogP contribution in [0.1, 0.15) is 25.0 Å². The number of carbonyl (C=O) groups excluding carboxylic acids is 1. The van der Waals surface area contributed by atoms with Gasteiger partial charge in [0.1, 0.15) is 11.6 Å². The van der Waals surface area contributed by atoms with Gasteiger partial charge in [0.05, 0.1) is 12.3 Å². The van der Waals surface area contributed by atoms with E-state index < -0.39 is 33.5 Å². The number of nitrogens with one attached hydrogen (secondary N) is 1. The number of fused-ring (bicyclic) bond motifs is 1. The van der Waals surface area contributed by atoms with Crippen LogP contribution in [-0.2, 0) is 22.8 Å². The number of halogens is 2. The monoisotopic (exact) mass is 346 g/mol. The molecule has 1 aromatic carbocycles. The van der Waals surface area contributed by atoms with E-state index in [-0.39, 0.29) is 36.6 Å². The maximum absolute atomic E-state index is 13.8. The fourth-order valence-electron chi connectivity index (χ4n) is 2.61. The lowest BCUT2D eigenvalue weighted by Gasteiger charge is -2.30. The summed E-state index contributed by atoms with van der Waals surface area (Å²) >= 11 is 0. The Bertz CT molecular complexity index is 707. The van der Waals surface area contributed by atoms with Gasteiger partial charge in [-0.25, -0.2) is 22.0 Å². The van der Waals surface area contributed by atoms with Crippen molar-refractivity contribution in [3.63, 3.8) is 0 Å². The normalized spacial score (nSPS) is 15.9. The van der Waals surface area contributed by atoms with Gasteiger partial charge in [0.15, 0.2) is 9.84 Å². The van der Waals surface area contributed by atoms with Gasteiger partial charge >= 0.3 is 6.03 Å². The minimum atomic E-state index is -3.20. The van der Waals surface area contributed by atoms with Gasteiger partial charge in [-0.2, -0.15) is 0 Å². The Labute approximate surface area is 134 Å². The Kier molecular flexibility index (Phi) is 5.23. The second kappa shape index (κ2) is 6.82. The van der Waals surface area contributed by atoms with E-state index in [4.69, 9.17) is 0 Å². The third kappa shape index (κ3) is 4.19. The molecule has 23 heavy (non-hydrogen) atoms. The second-order valence-electron chi connectivity index (χ2n) is 5.71. The summed E-state index contributed by atoms with van der Waals surface area (Å²) in [5.41, 5.74) is 0.482. The van der Waals surface area contributed by atoms with Gasteiger partial charge in [0.25, 0.3) is 0 Å². The van der Waals surface area contributed by atoms with Crippen molar-refractivity contribution in [2.75, 3.05) is 18.1 Å². The molecule has 1 unspecified atom stereocenters. The maximum atomic E-state index is 13.8. The summed E-state index contributed by atoms with van der Waals surface area (Å²) in [4.78, 5) is 13.6. The summed E-state index contributed by atoms with van der Waals surface area (Å²) in [7, 11) is -3.20. The fourth-order valence-corrected chi connectivity index (χ4v) is 3.69. The first kappa shape index (κ1) is 17.7. The van der Waals surface area contributed by atoms with Crippen LogP contribution < -0.4 is 5.32 Å². The molecule has 0 saturated carbocycles. The van der Waals surface area contributed by atoms with E-state index >= 15 is 0 Å². The van der Waals surface area contributed by atoms with E-state index in [9.17, 15) is 22.0 Å². The number of rotatable bonds is 4. The van der Waals surface area contributed by atoms with Crippen LogP contribution in [0.2, 0.25) is 0 Å². The Balaban J connectivity index is 2.04. The molecule has 1 heterocycles. The van der Waals surface area contributed by atoms with Crippen molar-refractivity contribution in [3.8, 4) is 0 Å². The van der Waals surface area contributed by atoms with Gasteiger partial charge in [-0.15, -0.1) is 0 Å². The summed E-state index contributed by atoms with van der Waals surface area (Å²) in [6.45, 7) is 3.37. The summed E-state index contributed by atoms with van der Waals surface area (Å²) in [5.74, 6) is -1.15. The number of nitrogens with zero attached hydrogens (tertiary/aromatic N) is 1. The molecule has 1 aromatic rings. The molecule has 1 aliphatic rings. The molecular weight excluding hydrogens is 326 g/mol. The highest BCUT2D eigenvalue weighted by Gasteiger charge is 2.26. The molecule has 1 atom stereocenters. The standard InChI is InChI=1S/C15H20F2N2O3S/c1-3-23(21,22)9-10(2)18-15(20)19-7-6-11-12(8-19)14(17)5-4-13(11)16/h4-5,10H,3,6-9H2,1-2H3,(H,18,20). The van der Waals surface area contributed by atoms with Gasteiger partial charge < -0.3 is 10.2 Å². The van der Waals surface area contributed by atoms with Gasteiger partial charge in [-0.1, -0.05) is 6.92 Å². The van der Waals surface area contributed by atoms with Crippen molar-refractivity contribution in [3.05, 3.63) is 34.9 Å². The van der Waals surface area contributed by atoms with Crippen LogP contribution in [0, 0.1) is 11.6 Å². The van der Waals surface area contributed by atoms with Gasteiger partial charge in [0.2, 0.25) is 0 Å². The van der Waals surface area contributed by atoms with Crippen LogP contribution in [0.3, 0.4) is 0 Å². The zero-order valence-electron chi connectivity index (χ0n) is 13.1. The van der Waals surface area contributed by atoms with Crippen molar-refractivity contribution >= 4 is 15.9 Å². The van der Waals surface area contributed by atoms with Crippen LogP contribution in [0.5, 0.6) is 0 Å². The largest absolute Gasteiger partial charge is 0.335 e. The van der Waals surface area contributed by atoms with Crippen LogP contribution in [-0.4, -0.2) is 43.4 Å². The number of carbonyl (C=O) groups is 1. The Hall–Kier alpha value is -1.70. The van der Waals surface area contributed by atoms with Crippen molar-refractivity contribution in [1.82, 2.24) is 10.2 Å². The SMILES string of the molecule is CCS(=O)(=O)CC(C)NC(=O)N1CCc2c(F)ccc(F)c2C1. The Morgan fingerprint density at radius 1 is 1.30 bits per heavy atom. The van der Waals surface area contributed by atoms with Gasteiger partial charge in [0, 0.05) is 23.9 Å². The molecule has 0 fully saturated rings. The van der Waals surface area contributed by atoms with Gasteiger partial charge in [-0.3, -0.25) is 0 Å². The van der Waals surface area contributed by atoms with Crippen molar-refractivity contribution in [1.29, 1.82) is 0 Å². The number of hydrogen-bond acceptors (Lipinski definition) is 3. The van der Waals surface area contributed by atoms with Gasteiger partial charge in [-0.05, 0) is 31.0 Å². The summed E-state index contributed by atoms with van der Waals surface area (Å²) in [6.07, 6.45) is 0.230. The van der Waals surface area contributed by atoms with Crippen molar-refractivity contribution < 1.29 is 22.0 Å². The first-order valence-electron chi connectivity index (χ1n) is 7.45. The van der Waals surface area contributed by atoms with Crippen LogP contribution in [0.25, 0.3) is 0 Å². The summed E-state index contributed by atoms with van der Waals surface area (Å²) < 4.78 is 50.6. The molecule has 128 valence electrons. The number of hydrogen-bond donors (Lipinski definition) is 1. The molecule has 0 radical (unpaired) electrons. The highest BCUT2D eigenvalue weighted by molar-refractivity contribution is 7.91. The first-order valence-corrected chi connectivity index (χ1v) is 9.27. The smallest absolute Gasteiger partial charge is 0.317 e. The third-order valence-corrected chi connectivity index (χ3v) is 5.79. The number of amides is 2. The molecule has 2 rings (SSSR count). The lowest BCUT2D eigenvalue weighted by atomic mass is 9.99. The van der Waals surface area contributed by atoms with Crippen LogP contribution in [0.4, 0.5) is 13.6 Å². The quantitative estimate of drug-likeness (QED) is 0.905. The summed E-state index contributed by atoms with van der Waals surface area (Å²) in [6, 6.07) is 1.11. The molecule has 1 N–H and O–H groups in total. The van der Waals surface area contributed by atoms with E-state index in [0.29, 0.717) is 5.56 Å². The number of benzene rings is 1. The zero-order chi connectivity index (χ0) is 17.2. The molecule has 2 amide bonds. The lowest BCUT2D eigenvalue weighted by molar-refractivity contribution is 0.188. The molecule has 0 spiro atoms. The number of sulfone groups is 1. The average Bonchev–Trinajstić information content (AvgIpc) is 2.50. The van der Waals surface area contributed by atoms with Crippen LogP contribution >= 0.6 is 0 Å². The van der Waals surface area contributed by atoms with E-state index in [0.717, 1.165) is 12.1 Å². The van der Waals surface area contributed by atoms with Crippen molar-refractivity contribution in [2.24, 2.45) is 0 Å². The van der Waals surface area contributed by atoms with Crippen LogP contribution in [0.15, 0.2) is 12.1 Å². The summed E-state index contributed by atoms with van der Waals surface area (Å²) in [5, 5.41) is 2.60. The zero-order valence-corrected chi connectivity index (χ0v) is 13.9. The molecule has 0 saturated heterocycles. The predicted octanol–water partition coefficient (Wildman–Crippen LogP) is 1.86. The number of urea groups is 1. The molecule has 5 nitrogen and oxygen atoms in total. The van der Waals surface area contributed by atoms with Crippen molar-refractivity contribution in [2.45, 2.75) is 32.9 Å². The topological polar surface area (TPSA) is 66.5 Å². The average molecular weight is 346 g/mol. The fraction of sp³-hybridized carbons (Fsp3) is 0.533. The highest BCUT2D eigenvalue weighted by atomic mass is 32.2. The third-order valence-electron chi connectivity index (χ3n) is 3.90. The molecule has 0 bridgehead atoms. The highest BCUT2D eigenvalue weighted by Crippen LogP contribution is 2.24. The Morgan fingerprint density at radius 3 is 2.52 bits per heavy atom. The maximum Gasteiger partial charge on any atom is 0.317 e. The van der Waals surface area contributed by atoms with E-state index in [1.165, 1.54) is 4.90 Å². The van der Waals surface area contributed by atoms with E-state index in [2.05, 4.69) is 5.32 Å². The predicted molar refractivity (Wildman–Crippen MR) is 82.8 cm³/mol. The Morgan fingerprint density at radius 2 is 1.91 bits per heavy atom.